The number of carbonyl (C=O) groups is 2. The number of sulfonamides is 1. The van der Waals surface area contributed by atoms with Gasteiger partial charge in [-0.1, -0.05) is 30.3 Å². The number of rotatable bonds is 6. The molecule has 0 radical (unpaired) electrons. The minimum Gasteiger partial charge on any atom is -0.322 e. The normalized spacial score (nSPS) is 11.6. The summed E-state index contributed by atoms with van der Waals surface area (Å²) >= 11 is 0. The summed E-state index contributed by atoms with van der Waals surface area (Å²) < 4.78 is 26.0. The number of hydrogen-bond donors (Lipinski definition) is 2. The van der Waals surface area contributed by atoms with Gasteiger partial charge in [-0.15, -0.1) is 0 Å². The van der Waals surface area contributed by atoms with Crippen LogP contribution in [0.5, 0.6) is 0 Å². The number of nitrogens with one attached hydrogen (secondary N) is 2. The second kappa shape index (κ2) is 8.73. The zero-order valence-electron chi connectivity index (χ0n) is 17.5. The van der Waals surface area contributed by atoms with E-state index in [-0.39, 0.29) is 11.7 Å². The predicted octanol–water partition coefficient (Wildman–Crippen LogP) is 4.71. The maximum absolute atomic E-state index is 12.5. The molecule has 160 valence electrons. The van der Waals surface area contributed by atoms with Crippen molar-refractivity contribution >= 4 is 33.1 Å². The van der Waals surface area contributed by atoms with Gasteiger partial charge in [0.1, 0.15) is 0 Å². The number of hydrogen-bond acceptors (Lipinski definition) is 4. The molecule has 3 rings (SSSR count). The zero-order valence-corrected chi connectivity index (χ0v) is 18.4. The molecule has 31 heavy (non-hydrogen) atoms. The summed E-state index contributed by atoms with van der Waals surface area (Å²) in [4.78, 5) is 25.0. The fraction of sp³-hybridized carbons (Fsp3) is 0.167. The molecule has 0 unspecified atom stereocenters. The van der Waals surface area contributed by atoms with Crippen LogP contribution in [0.2, 0.25) is 0 Å². The summed E-state index contributed by atoms with van der Waals surface area (Å²) in [7, 11) is -3.54. The molecule has 7 heteroatoms. The van der Waals surface area contributed by atoms with Crippen molar-refractivity contribution in [2.75, 3.05) is 10.0 Å². The quantitative estimate of drug-likeness (QED) is 0.548. The summed E-state index contributed by atoms with van der Waals surface area (Å²) in [6, 6.07) is 21.8. The molecule has 0 aliphatic carbocycles. The van der Waals surface area contributed by atoms with Gasteiger partial charge in [0, 0.05) is 28.1 Å². The van der Waals surface area contributed by atoms with Gasteiger partial charge in [0.2, 0.25) is 10.0 Å². The standard InChI is InChI=1S/C24H24N2O4S/c1-24(2,3)31(29,30)26-21-15-11-19(12-16-21)23(28)25-20-13-9-18(10-14-20)22(27)17-7-5-4-6-8-17/h4-16,26H,1-3H3,(H,25,28). The van der Waals surface area contributed by atoms with Crippen molar-refractivity contribution in [1.82, 2.24) is 0 Å². The second-order valence-corrected chi connectivity index (χ2v) is 10.5. The van der Waals surface area contributed by atoms with Crippen molar-refractivity contribution in [2.45, 2.75) is 25.5 Å². The van der Waals surface area contributed by atoms with Gasteiger partial charge in [0.15, 0.2) is 5.78 Å². The van der Waals surface area contributed by atoms with Gasteiger partial charge in [-0.25, -0.2) is 8.42 Å². The molecule has 0 fully saturated rings. The Morgan fingerprint density at radius 2 is 1.16 bits per heavy atom. The predicted molar refractivity (Wildman–Crippen MR) is 123 cm³/mol. The van der Waals surface area contributed by atoms with Crippen LogP contribution in [0.25, 0.3) is 0 Å². The van der Waals surface area contributed by atoms with E-state index in [0.29, 0.717) is 28.1 Å². The van der Waals surface area contributed by atoms with Crippen molar-refractivity contribution in [3.05, 3.63) is 95.6 Å². The van der Waals surface area contributed by atoms with Gasteiger partial charge < -0.3 is 5.32 Å². The average Bonchev–Trinajstić information content (AvgIpc) is 2.74. The fourth-order valence-electron chi connectivity index (χ4n) is 2.66. The number of carbonyl (C=O) groups excluding carboxylic acids is 2. The first-order chi connectivity index (χ1) is 14.6. The first-order valence-corrected chi connectivity index (χ1v) is 11.2. The van der Waals surface area contributed by atoms with E-state index >= 15 is 0 Å². The molecule has 0 aliphatic heterocycles. The lowest BCUT2D eigenvalue weighted by Gasteiger charge is -2.20. The van der Waals surface area contributed by atoms with Gasteiger partial charge in [0.25, 0.3) is 5.91 Å². The smallest absolute Gasteiger partial charge is 0.255 e. The van der Waals surface area contributed by atoms with Crippen LogP contribution < -0.4 is 10.0 Å². The maximum Gasteiger partial charge on any atom is 0.255 e. The molecule has 1 amide bonds. The van der Waals surface area contributed by atoms with Gasteiger partial charge in [-0.2, -0.15) is 0 Å². The summed E-state index contributed by atoms with van der Waals surface area (Å²) in [5, 5.41) is 2.77. The molecule has 3 aromatic carbocycles. The highest BCUT2D eigenvalue weighted by Crippen LogP contribution is 2.20. The largest absolute Gasteiger partial charge is 0.322 e. The van der Waals surface area contributed by atoms with Crippen LogP contribution in [0, 0.1) is 0 Å². The van der Waals surface area contributed by atoms with E-state index in [1.165, 1.54) is 0 Å². The third-order valence-corrected chi connectivity index (χ3v) is 6.76. The molecule has 0 saturated carbocycles. The van der Waals surface area contributed by atoms with E-state index in [4.69, 9.17) is 0 Å². The molecule has 6 nitrogen and oxygen atoms in total. The zero-order chi connectivity index (χ0) is 22.6. The lowest BCUT2D eigenvalue weighted by atomic mass is 10.0. The van der Waals surface area contributed by atoms with E-state index in [1.807, 2.05) is 6.07 Å². The molecule has 2 N–H and O–H groups in total. The molecule has 0 aromatic heterocycles. The number of ketones is 1. The molecule has 0 bridgehead atoms. The first-order valence-electron chi connectivity index (χ1n) is 9.70. The molecule has 0 spiro atoms. The molecular weight excluding hydrogens is 412 g/mol. The first kappa shape index (κ1) is 22.2. The lowest BCUT2D eigenvalue weighted by Crippen LogP contribution is -2.33. The van der Waals surface area contributed by atoms with Gasteiger partial charge in [0.05, 0.1) is 4.75 Å². The third kappa shape index (κ3) is 5.38. The van der Waals surface area contributed by atoms with E-state index in [0.717, 1.165) is 0 Å². The van der Waals surface area contributed by atoms with Crippen molar-refractivity contribution in [2.24, 2.45) is 0 Å². The van der Waals surface area contributed by atoms with Crippen LogP contribution in [-0.2, 0) is 10.0 Å². The third-order valence-electron chi connectivity index (χ3n) is 4.65. The van der Waals surface area contributed by atoms with Crippen LogP contribution in [0.1, 0.15) is 47.1 Å². The fourth-order valence-corrected chi connectivity index (χ4v) is 3.41. The molecular formula is C24H24N2O4S. The maximum atomic E-state index is 12.5. The van der Waals surface area contributed by atoms with Crippen LogP contribution in [-0.4, -0.2) is 24.9 Å². The van der Waals surface area contributed by atoms with Gasteiger partial charge >= 0.3 is 0 Å². The highest BCUT2D eigenvalue weighted by molar-refractivity contribution is 7.94. The number of benzene rings is 3. The summed E-state index contributed by atoms with van der Waals surface area (Å²) in [6.07, 6.45) is 0. The second-order valence-electron chi connectivity index (χ2n) is 8.02. The number of amides is 1. The SMILES string of the molecule is CC(C)(C)S(=O)(=O)Nc1ccc(C(=O)Nc2ccc(C(=O)c3ccccc3)cc2)cc1. The van der Waals surface area contributed by atoms with E-state index in [2.05, 4.69) is 10.0 Å². The Kier molecular flexibility index (Phi) is 6.27. The highest BCUT2D eigenvalue weighted by atomic mass is 32.2. The highest BCUT2D eigenvalue weighted by Gasteiger charge is 2.28. The summed E-state index contributed by atoms with van der Waals surface area (Å²) in [5.41, 5.74) is 2.44. The monoisotopic (exact) mass is 436 g/mol. The minimum atomic E-state index is -3.54. The minimum absolute atomic E-state index is 0.0909. The molecule has 0 heterocycles. The van der Waals surface area contributed by atoms with Crippen LogP contribution >= 0.6 is 0 Å². The Bertz CT molecular complexity index is 1180. The van der Waals surface area contributed by atoms with Gasteiger partial charge in [-0.05, 0) is 69.3 Å². The Morgan fingerprint density at radius 3 is 1.71 bits per heavy atom. The van der Waals surface area contributed by atoms with Crippen molar-refractivity contribution in [1.29, 1.82) is 0 Å². The van der Waals surface area contributed by atoms with Gasteiger partial charge in [-0.3, -0.25) is 14.3 Å². The molecule has 0 atom stereocenters. The Hall–Kier alpha value is -3.45. The Morgan fingerprint density at radius 1 is 0.677 bits per heavy atom. The van der Waals surface area contributed by atoms with Crippen molar-refractivity contribution in [3.63, 3.8) is 0 Å². The number of anilines is 2. The average molecular weight is 437 g/mol. The van der Waals surface area contributed by atoms with Crippen LogP contribution in [0.3, 0.4) is 0 Å². The molecule has 0 aliphatic rings. The Balaban J connectivity index is 1.66. The summed E-state index contributed by atoms with van der Waals surface area (Å²) in [6.45, 7) is 4.82. The Labute approximate surface area is 182 Å². The van der Waals surface area contributed by atoms with E-state index in [9.17, 15) is 18.0 Å². The van der Waals surface area contributed by atoms with Crippen LogP contribution in [0.4, 0.5) is 11.4 Å². The van der Waals surface area contributed by atoms with Crippen molar-refractivity contribution < 1.29 is 18.0 Å². The van der Waals surface area contributed by atoms with Crippen LogP contribution in [0.15, 0.2) is 78.9 Å². The lowest BCUT2D eigenvalue weighted by molar-refractivity contribution is 0.102. The molecule has 0 saturated heterocycles. The molecule has 3 aromatic rings. The topological polar surface area (TPSA) is 92.3 Å². The van der Waals surface area contributed by atoms with E-state index < -0.39 is 14.8 Å². The van der Waals surface area contributed by atoms with E-state index in [1.54, 1.807) is 93.6 Å². The van der Waals surface area contributed by atoms with Crippen molar-refractivity contribution in [3.8, 4) is 0 Å². The summed E-state index contributed by atoms with van der Waals surface area (Å²) in [5.74, 6) is -0.431.